The smallest absolute Gasteiger partial charge is 0.296 e. The van der Waals surface area contributed by atoms with Crippen molar-refractivity contribution in [3.63, 3.8) is 0 Å². The Balaban J connectivity index is 1.85. The van der Waals surface area contributed by atoms with E-state index in [1.165, 1.54) is 5.57 Å². The highest BCUT2D eigenvalue weighted by Gasteiger charge is 2.74. The lowest BCUT2D eigenvalue weighted by Crippen LogP contribution is -2.49. The van der Waals surface area contributed by atoms with Crippen LogP contribution in [0.15, 0.2) is 12.2 Å². The van der Waals surface area contributed by atoms with Crippen molar-refractivity contribution in [2.45, 2.75) is 84.2 Å². The Hall–Kier alpha value is -1.22. The Morgan fingerprint density at radius 3 is 2.22 bits per heavy atom. The number of hydrogen-bond acceptors (Lipinski definition) is 5. The van der Waals surface area contributed by atoms with E-state index in [4.69, 9.17) is 8.85 Å². The van der Waals surface area contributed by atoms with Crippen LogP contribution >= 0.6 is 0 Å². The van der Waals surface area contributed by atoms with Gasteiger partial charge in [-0.25, -0.2) is 0 Å². The van der Waals surface area contributed by atoms with Crippen LogP contribution in [0.1, 0.15) is 44.9 Å². The summed E-state index contributed by atoms with van der Waals surface area (Å²) in [5.41, 5.74) is 0.281. The van der Waals surface area contributed by atoms with Gasteiger partial charge in [0.2, 0.25) is 16.6 Å². The molecule has 0 radical (unpaired) electrons. The van der Waals surface area contributed by atoms with Gasteiger partial charge in [-0.1, -0.05) is 18.6 Å². The van der Waals surface area contributed by atoms with Crippen molar-refractivity contribution in [1.29, 1.82) is 0 Å². The molecule has 4 aliphatic rings. The van der Waals surface area contributed by atoms with Gasteiger partial charge in [-0.15, -0.1) is 0 Å². The predicted octanol–water partition coefficient (Wildman–Crippen LogP) is 5.34. The average Bonchev–Trinajstić information content (AvgIpc) is 3.05. The monoisotopic (exact) mass is 476 g/mol. The molecule has 0 N–H and O–H groups in total. The minimum Gasteiger partial charge on any atom is -0.520 e. The number of fused-ring (bicyclic) bond motifs is 3. The predicted molar refractivity (Wildman–Crippen MR) is 129 cm³/mol. The van der Waals surface area contributed by atoms with E-state index in [1.807, 2.05) is 39.3 Å². The second-order valence-corrected chi connectivity index (χ2v) is 21.8. The Morgan fingerprint density at radius 2 is 1.62 bits per heavy atom. The van der Waals surface area contributed by atoms with Crippen molar-refractivity contribution in [2.24, 2.45) is 40.4 Å². The third-order valence-electron chi connectivity index (χ3n) is 8.65. The quantitative estimate of drug-likeness (QED) is 0.304. The molecule has 4 saturated carbocycles. The lowest BCUT2D eigenvalue weighted by molar-refractivity contribution is -0.154. The minimum atomic E-state index is -2.14. The van der Waals surface area contributed by atoms with Gasteiger partial charge in [-0.3, -0.25) is 9.59 Å². The van der Waals surface area contributed by atoms with E-state index in [9.17, 15) is 14.4 Å². The van der Waals surface area contributed by atoms with E-state index < -0.39 is 33.9 Å². The first-order chi connectivity index (χ1) is 14.7. The molecule has 4 aliphatic carbocycles. The molecule has 0 aliphatic heterocycles. The second kappa shape index (κ2) is 7.65. The van der Waals surface area contributed by atoms with E-state index in [2.05, 4.69) is 6.58 Å². The van der Waals surface area contributed by atoms with Crippen LogP contribution in [0.5, 0.6) is 0 Å². The standard InChI is InChI=1S/C25H40O5Si2/c1-16-13-25-14-17(16)10-11-19(25)24(15-26)12-8-9-18(22(27)29-31(2,3)4)20(24)21(25)23(28)30-32(5,6)7/h15,17-21H,1,8-14H2,2-7H3/t17-,18-,19-,20+,21-,24-,25+/m1/s1. The topological polar surface area (TPSA) is 69.7 Å². The molecule has 1 spiro atoms. The van der Waals surface area contributed by atoms with Gasteiger partial charge < -0.3 is 13.6 Å². The van der Waals surface area contributed by atoms with Gasteiger partial charge in [-0.05, 0) is 101 Å². The van der Waals surface area contributed by atoms with Gasteiger partial charge >= 0.3 is 0 Å². The van der Waals surface area contributed by atoms with Gasteiger partial charge in [0.1, 0.15) is 6.29 Å². The SMILES string of the molecule is C=C1C[C@]23C[C@H]1CC[C@@H]2[C@]1(C=O)CCC[C@@H](C(=O)O[Si](C)(C)C)[C@H]1[C@@H]3C(=O)O[Si](C)(C)C. The van der Waals surface area contributed by atoms with Crippen molar-refractivity contribution < 1.29 is 23.2 Å². The van der Waals surface area contributed by atoms with E-state index in [0.717, 1.165) is 44.8 Å². The summed E-state index contributed by atoms with van der Waals surface area (Å²) in [5, 5.41) is 0. The number of allylic oxidation sites excluding steroid dienone is 1. The highest BCUT2D eigenvalue weighted by Crippen LogP contribution is 2.75. The maximum Gasteiger partial charge on any atom is 0.296 e. The van der Waals surface area contributed by atoms with Gasteiger partial charge in [0, 0.05) is 5.41 Å². The fraction of sp³-hybridized carbons (Fsp3) is 0.800. The van der Waals surface area contributed by atoms with E-state index in [-0.39, 0.29) is 29.2 Å². The highest BCUT2D eigenvalue weighted by atomic mass is 28.4. The van der Waals surface area contributed by atoms with Crippen LogP contribution in [0, 0.1) is 40.4 Å². The number of rotatable bonds is 5. The first-order valence-electron chi connectivity index (χ1n) is 12.3. The molecule has 5 nitrogen and oxygen atoms in total. The summed E-state index contributed by atoms with van der Waals surface area (Å²) in [6.07, 6.45) is 7.08. The Labute approximate surface area is 195 Å². The summed E-state index contributed by atoms with van der Waals surface area (Å²) < 4.78 is 12.1. The van der Waals surface area contributed by atoms with Crippen LogP contribution in [0.25, 0.3) is 0 Å². The summed E-state index contributed by atoms with van der Waals surface area (Å²) in [6, 6.07) is 0. The molecule has 0 amide bonds. The van der Waals surface area contributed by atoms with Crippen molar-refractivity contribution in [1.82, 2.24) is 0 Å². The summed E-state index contributed by atoms with van der Waals surface area (Å²) in [7, 11) is -4.24. The average molecular weight is 477 g/mol. The van der Waals surface area contributed by atoms with Crippen molar-refractivity contribution in [2.75, 3.05) is 0 Å². The summed E-state index contributed by atoms with van der Waals surface area (Å²) >= 11 is 0. The van der Waals surface area contributed by atoms with Gasteiger partial charge in [0.05, 0.1) is 11.8 Å². The van der Waals surface area contributed by atoms with Crippen molar-refractivity contribution in [3.05, 3.63) is 12.2 Å². The highest BCUT2D eigenvalue weighted by molar-refractivity contribution is 6.71. The zero-order valence-electron chi connectivity index (χ0n) is 20.7. The first kappa shape index (κ1) is 23.9. The van der Waals surface area contributed by atoms with Crippen LogP contribution < -0.4 is 0 Å². The Kier molecular flexibility index (Phi) is 5.72. The molecular weight excluding hydrogens is 436 g/mol. The van der Waals surface area contributed by atoms with Crippen LogP contribution in [0.3, 0.4) is 0 Å². The zero-order valence-corrected chi connectivity index (χ0v) is 22.7. The summed E-state index contributed by atoms with van der Waals surface area (Å²) in [6.45, 7) is 16.5. The molecule has 0 aromatic rings. The van der Waals surface area contributed by atoms with Crippen LogP contribution in [0.2, 0.25) is 39.3 Å². The summed E-state index contributed by atoms with van der Waals surface area (Å²) in [4.78, 5) is 40.3. The molecule has 0 unspecified atom stereocenters. The molecule has 32 heavy (non-hydrogen) atoms. The zero-order chi connectivity index (χ0) is 23.7. The van der Waals surface area contributed by atoms with E-state index in [0.29, 0.717) is 12.3 Å². The van der Waals surface area contributed by atoms with Gasteiger partial charge in [0.25, 0.3) is 11.9 Å². The van der Waals surface area contributed by atoms with E-state index >= 15 is 0 Å². The third kappa shape index (κ3) is 3.67. The lowest BCUT2D eigenvalue weighted by Gasteiger charge is -2.45. The molecule has 0 aromatic carbocycles. The Morgan fingerprint density at radius 1 is 1.00 bits per heavy atom. The van der Waals surface area contributed by atoms with Crippen LogP contribution in [-0.4, -0.2) is 34.9 Å². The largest absolute Gasteiger partial charge is 0.520 e. The number of carbonyl (C=O) groups is 3. The van der Waals surface area contributed by atoms with Crippen molar-refractivity contribution >= 4 is 34.9 Å². The molecule has 0 saturated heterocycles. The normalized spacial score (nSPS) is 40.9. The molecule has 4 fully saturated rings. The van der Waals surface area contributed by atoms with Crippen molar-refractivity contribution in [3.8, 4) is 0 Å². The molecule has 2 bridgehead atoms. The molecule has 7 heteroatoms. The Bertz CT molecular complexity index is 840. The number of aldehydes is 1. The molecular formula is C25H40O5Si2. The maximum absolute atomic E-state index is 13.9. The number of hydrogen-bond donors (Lipinski definition) is 0. The molecule has 0 aromatic heterocycles. The maximum atomic E-state index is 13.9. The summed E-state index contributed by atoms with van der Waals surface area (Å²) in [5.74, 6) is -0.992. The molecule has 178 valence electrons. The second-order valence-electron chi connectivity index (χ2n) is 12.9. The first-order valence-corrected chi connectivity index (χ1v) is 19.2. The fourth-order valence-electron chi connectivity index (χ4n) is 7.99. The van der Waals surface area contributed by atoms with Gasteiger partial charge in [-0.2, -0.15) is 0 Å². The third-order valence-corrected chi connectivity index (χ3v) is 10.3. The molecule has 0 heterocycles. The number of carbonyl (C=O) groups excluding carboxylic acids is 3. The lowest BCUT2D eigenvalue weighted by atomic mass is 9.57. The van der Waals surface area contributed by atoms with Crippen LogP contribution in [-0.2, 0) is 23.2 Å². The molecule has 4 rings (SSSR count). The van der Waals surface area contributed by atoms with Gasteiger partial charge in [0.15, 0.2) is 0 Å². The van der Waals surface area contributed by atoms with E-state index in [1.54, 1.807) is 0 Å². The van der Waals surface area contributed by atoms with Crippen LogP contribution in [0.4, 0.5) is 0 Å². The minimum absolute atomic E-state index is 0.120. The molecule has 7 atom stereocenters. The fourth-order valence-corrected chi connectivity index (χ4v) is 9.48.